The van der Waals surface area contributed by atoms with Crippen molar-refractivity contribution >= 4 is 5.69 Å². The SMILES string of the molecule is N#Cc1cc([N+](=O)[O-])ccc1-c1cnn(CC2CCOCC2)c1. The summed E-state index contributed by atoms with van der Waals surface area (Å²) in [7, 11) is 0. The summed E-state index contributed by atoms with van der Waals surface area (Å²) >= 11 is 0. The zero-order valence-electron chi connectivity index (χ0n) is 12.5. The van der Waals surface area contributed by atoms with E-state index in [1.165, 1.54) is 12.1 Å². The Morgan fingerprint density at radius 3 is 2.91 bits per heavy atom. The fourth-order valence-electron chi connectivity index (χ4n) is 2.79. The molecule has 0 amide bonds. The molecule has 7 nitrogen and oxygen atoms in total. The second kappa shape index (κ2) is 6.58. The van der Waals surface area contributed by atoms with Gasteiger partial charge < -0.3 is 4.74 Å². The fraction of sp³-hybridized carbons (Fsp3) is 0.375. The molecule has 1 aliphatic rings. The van der Waals surface area contributed by atoms with Crippen molar-refractivity contribution in [1.29, 1.82) is 5.26 Å². The summed E-state index contributed by atoms with van der Waals surface area (Å²) in [5, 5.41) is 24.4. The maximum Gasteiger partial charge on any atom is 0.270 e. The van der Waals surface area contributed by atoms with Crippen LogP contribution in [0.25, 0.3) is 11.1 Å². The van der Waals surface area contributed by atoms with Gasteiger partial charge in [0.05, 0.1) is 16.7 Å². The van der Waals surface area contributed by atoms with E-state index in [1.54, 1.807) is 12.3 Å². The van der Waals surface area contributed by atoms with Crippen LogP contribution in [-0.4, -0.2) is 27.9 Å². The maximum atomic E-state index is 10.8. The number of nitro groups is 1. The number of non-ortho nitro benzene ring substituents is 1. The van der Waals surface area contributed by atoms with E-state index >= 15 is 0 Å². The minimum Gasteiger partial charge on any atom is -0.381 e. The van der Waals surface area contributed by atoms with E-state index in [-0.39, 0.29) is 11.3 Å². The van der Waals surface area contributed by atoms with Crippen molar-refractivity contribution in [2.75, 3.05) is 13.2 Å². The average molecular weight is 312 g/mol. The molecule has 0 aliphatic carbocycles. The van der Waals surface area contributed by atoms with Crippen molar-refractivity contribution in [3.05, 3.63) is 46.3 Å². The molecule has 0 unspecified atom stereocenters. The third-order valence-corrected chi connectivity index (χ3v) is 4.06. The van der Waals surface area contributed by atoms with E-state index in [4.69, 9.17) is 4.74 Å². The first-order chi connectivity index (χ1) is 11.2. The third-order valence-electron chi connectivity index (χ3n) is 4.06. The predicted molar refractivity (Wildman–Crippen MR) is 82.6 cm³/mol. The molecule has 0 saturated carbocycles. The highest BCUT2D eigenvalue weighted by Gasteiger charge is 2.16. The Kier molecular flexibility index (Phi) is 4.35. The fourth-order valence-corrected chi connectivity index (χ4v) is 2.79. The van der Waals surface area contributed by atoms with Gasteiger partial charge in [-0.25, -0.2) is 0 Å². The lowest BCUT2D eigenvalue weighted by Gasteiger charge is -2.21. The number of nitriles is 1. The van der Waals surface area contributed by atoms with Gasteiger partial charge in [-0.3, -0.25) is 14.8 Å². The lowest BCUT2D eigenvalue weighted by Crippen LogP contribution is -2.20. The number of nitro benzene ring substituents is 1. The van der Waals surface area contributed by atoms with Gasteiger partial charge in [-0.1, -0.05) is 0 Å². The van der Waals surface area contributed by atoms with Crippen LogP contribution in [0.3, 0.4) is 0 Å². The Labute approximate surface area is 133 Å². The number of hydrogen-bond donors (Lipinski definition) is 0. The number of rotatable bonds is 4. The first-order valence-electron chi connectivity index (χ1n) is 7.46. The number of ether oxygens (including phenoxy) is 1. The predicted octanol–water partition coefficient (Wildman–Crippen LogP) is 2.76. The van der Waals surface area contributed by atoms with E-state index in [1.807, 2.05) is 16.9 Å². The zero-order valence-corrected chi connectivity index (χ0v) is 12.5. The quantitative estimate of drug-likeness (QED) is 0.639. The molecule has 2 heterocycles. The van der Waals surface area contributed by atoms with Crippen molar-refractivity contribution in [1.82, 2.24) is 9.78 Å². The number of nitrogens with zero attached hydrogens (tertiary/aromatic N) is 4. The van der Waals surface area contributed by atoms with Crippen LogP contribution >= 0.6 is 0 Å². The molecule has 23 heavy (non-hydrogen) atoms. The van der Waals surface area contributed by atoms with Gasteiger partial charge in [-0.05, 0) is 24.8 Å². The Hall–Kier alpha value is -2.72. The largest absolute Gasteiger partial charge is 0.381 e. The van der Waals surface area contributed by atoms with E-state index < -0.39 is 4.92 Å². The van der Waals surface area contributed by atoms with Gasteiger partial charge in [0.2, 0.25) is 0 Å². The van der Waals surface area contributed by atoms with Crippen LogP contribution in [0.5, 0.6) is 0 Å². The standard InChI is InChI=1S/C16H16N4O3/c17-8-13-7-15(20(21)22)1-2-16(13)14-9-18-19(11-14)10-12-3-5-23-6-4-12/h1-2,7,9,11-12H,3-6,10H2. The summed E-state index contributed by atoms with van der Waals surface area (Å²) in [4.78, 5) is 10.3. The molecule has 2 aromatic rings. The van der Waals surface area contributed by atoms with E-state index in [9.17, 15) is 15.4 Å². The van der Waals surface area contributed by atoms with Gasteiger partial charge in [0.25, 0.3) is 5.69 Å². The topological polar surface area (TPSA) is 94.0 Å². The van der Waals surface area contributed by atoms with Crippen LogP contribution < -0.4 is 0 Å². The Morgan fingerprint density at radius 2 is 2.22 bits per heavy atom. The molecule has 0 N–H and O–H groups in total. The number of aromatic nitrogens is 2. The van der Waals surface area contributed by atoms with E-state index in [2.05, 4.69) is 5.10 Å². The molecular formula is C16H16N4O3. The van der Waals surface area contributed by atoms with Gasteiger partial charge in [0, 0.05) is 49.2 Å². The second-order valence-electron chi connectivity index (χ2n) is 5.61. The summed E-state index contributed by atoms with van der Waals surface area (Å²) in [5.41, 5.74) is 1.66. The molecule has 118 valence electrons. The second-order valence-corrected chi connectivity index (χ2v) is 5.61. The van der Waals surface area contributed by atoms with Crippen molar-refractivity contribution < 1.29 is 9.66 Å². The molecule has 1 fully saturated rings. The van der Waals surface area contributed by atoms with Crippen LogP contribution in [-0.2, 0) is 11.3 Å². The molecule has 1 aromatic carbocycles. The van der Waals surface area contributed by atoms with E-state index in [0.717, 1.165) is 38.2 Å². The van der Waals surface area contributed by atoms with Crippen molar-refractivity contribution in [2.24, 2.45) is 5.92 Å². The first-order valence-corrected chi connectivity index (χ1v) is 7.46. The van der Waals surface area contributed by atoms with Crippen LogP contribution in [0.1, 0.15) is 18.4 Å². The first kappa shape index (κ1) is 15.2. The average Bonchev–Trinajstić information content (AvgIpc) is 3.03. The van der Waals surface area contributed by atoms with Crippen molar-refractivity contribution in [3.8, 4) is 17.2 Å². The lowest BCUT2D eigenvalue weighted by atomic mass is 10.0. The molecule has 0 bridgehead atoms. The summed E-state index contributed by atoms with van der Waals surface area (Å²) in [6.07, 6.45) is 5.63. The highest BCUT2D eigenvalue weighted by Crippen LogP contribution is 2.27. The van der Waals surface area contributed by atoms with Crippen molar-refractivity contribution in [3.63, 3.8) is 0 Å². The monoisotopic (exact) mass is 312 g/mol. The van der Waals surface area contributed by atoms with Crippen molar-refractivity contribution in [2.45, 2.75) is 19.4 Å². The number of benzene rings is 1. The van der Waals surface area contributed by atoms with E-state index in [0.29, 0.717) is 11.5 Å². The molecule has 3 rings (SSSR count). The van der Waals surface area contributed by atoms with Gasteiger partial charge >= 0.3 is 0 Å². The molecule has 0 spiro atoms. The Morgan fingerprint density at radius 1 is 1.43 bits per heavy atom. The molecule has 1 saturated heterocycles. The minimum absolute atomic E-state index is 0.0834. The van der Waals surface area contributed by atoms with Gasteiger partial charge in [-0.15, -0.1) is 0 Å². The Bertz CT molecular complexity index is 757. The summed E-state index contributed by atoms with van der Waals surface area (Å²) in [6.45, 7) is 2.40. The molecular weight excluding hydrogens is 296 g/mol. The zero-order chi connectivity index (χ0) is 16.2. The van der Waals surface area contributed by atoms with Gasteiger partial charge in [-0.2, -0.15) is 10.4 Å². The highest BCUT2D eigenvalue weighted by atomic mass is 16.6. The normalized spacial score (nSPS) is 15.3. The lowest BCUT2D eigenvalue weighted by molar-refractivity contribution is -0.384. The van der Waals surface area contributed by atoms with Crippen LogP contribution in [0.4, 0.5) is 5.69 Å². The Balaban J connectivity index is 1.82. The summed E-state index contributed by atoms with van der Waals surface area (Å²) < 4.78 is 7.22. The summed E-state index contributed by atoms with van der Waals surface area (Å²) in [5.74, 6) is 0.545. The third kappa shape index (κ3) is 3.38. The van der Waals surface area contributed by atoms with Gasteiger partial charge in [0.1, 0.15) is 6.07 Å². The van der Waals surface area contributed by atoms with Gasteiger partial charge in [0.15, 0.2) is 0 Å². The van der Waals surface area contributed by atoms with Crippen LogP contribution in [0, 0.1) is 27.4 Å². The van der Waals surface area contributed by atoms with Crippen LogP contribution in [0.15, 0.2) is 30.6 Å². The molecule has 0 atom stereocenters. The minimum atomic E-state index is -0.501. The maximum absolute atomic E-state index is 10.8. The molecule has 0 radical (unpaired) electrons. The number of hydrogen-bond acceptors (Lipinski definition) is 5. The smallest absolute Gasteiger partial charge is 0.270 e. The summed E-state index contributed by atoms with van der Waals surface area (Å²) in [6, 6.07) is 6.33. The molecule has 1 aromatic heterocycles. The van der Waals surface area contributed by atoms with Crippen LogP contribution in [0.2, 0.25) is 0 Å². The molecule has 1 aliphatic heterocycles. The highest BCUT2D eigenvalue weighted by molar-refractivity contribution is 5.71. The molecule has 7 heteroatoms.